The van der Waals surface area contributed by atoms with Crippen LogP contribution in [0, 0.1) is 5.92 Å². The van der Waals surface area contributed by atoms with Crippen LogP contribution in [-0.2, 0) is 0 Å². The summed E-state index contributed by atoms with van der Waals surface area (Å²) in [5.74, 6) is -0.0966. The summed E-state index contributed by atoms with van der Waals surface area (Å²) >= 11 is 1.72. The van der Waals surface area contributed by atoms with Crippen molar-refractivity contribution in [3.05, 3.63) is 35.4 Å². The van der Waals surface area contributed by atoms with Gasteiger partial charge in [-0.2, -0.15) is 11.8 Å². The lowest BCUT2D eigenvalue weighted by Gasteiger charge is -2.12. The van der Waals surface area contributed by atoms with Crippen molar-refractivity contribution in [2.75, 3.05) is 18.6 Å². The molecule has 0 aliphatic carbocycles. The van der Waals surface area contributed by atoms with Gasteiger partial charge in [-0.05, 0) is 30.1 Å². The van der Waals surface area contributed by atoms with Gasteiger partial charge >= 0.3 is 5.97 Å². The SMILES string of the molecule is CSCC(C)CNC(=O)c1ccccc1C(=O)O. The minimum absolute atomic E-state index is 0.0347. The number of hydrogen-bond donors (Lipinski definition) is 2. The standard InChI is InChI=1S/C13H17NO3S/c1-9(8-18-2)7-14-12(15)10-5-3-4-6-11(10)13(16)17/h3-6,9H,7-8H2,1-2H3,(H,14,15)(H,16,17). The van der Waals surface area contributed by atoms with Gasteiger partial charge in [0.25, 0.3) is 5.91 Å². The summed E-state index contributed by atoms with van der Waals surface area (Å²) in [6, 6.07) is 6.23. The van der Waals surface area contributed by atoms with E-state index in [0.29, 0.717) is 12.5 Å². The molecule has 0 heterocycles. The second-order valence-corrected chi connectivity index (χ2v) is 5.03. The number of carbonyl (C=O) groups excluding carboxylic acids is 1. The van der Waals surface area contributed by atoms with Crippen LogP contribution in [0.4, 0.5) is 0 Å². The number of aromatic carboxylic acids is 1. The zero-order chi connectivity index (χ0) is 13.5. The van der Waals surface area contributed by atoms with Gasteiger partial charge in [0, 0.05) is 6.54 Å². The Morgan fingerprint density at radius 3 is 2.50 bits per heavy atom. The molecule has 1 rings (SSSR count). The Balaban J connectivity index is 2.70. The van der Waals surface area contributed by atoms with E-state index in [4.69, 9.17) is 5.11 Å². The summed E-state index contributed by atoms with van der Waals surface area (Å²) in [4.78, 5) is 22.9. The van der Waals surface area contributed by atoms with E-state index < -0.39 is 5.97 Å². The minimum atomic E-state index is -1.09. The van der Waals surface area contributed by atoms with Crippen molar-refractivity contribution < 1.29 is 14.7 Å². The predicted molar refractivity (Wildman–Crippen MR) is 73.3 cm³/mol. The van der Waals surface area contributed by atoms with E-state index in [0.717, 1.165) is 5.75 Å². The highest BCUT2D eigenvalue weighted by atomic mass is 32.2. The molecule has 4 nitrogen and oxygen atoms in total. The van der Waals surface area contributed by atoms with Crippen LogP contribution in [0.5, 0.6) is 0 Å². The lowest BCUT2D eigenvalue weighted by Crippen LogP contribution is -2.30. The monoisotopic (exact) mass is 267 g/mol. The molecule has 0 spiro atoms. The van der Waals surface area contributed by atoms with E-state index >= 15 is 0 Å². The number of carboxylic acids is 1. The van der Waals surface area contributed by atoms with Gasteiger partial charge in [-0.1, -0.05) is 19.1 Å². The number of rotatable bonds is 6. The number of thioether (sulfide) groups is 1. The Kier molecular flexibility index (Phi) is 5.71. The molecule has 0 aliphatic rings. The summed E-state index contributed by atoms with van der Waals surface area (Å²) in [6.07, 6.45) is 2.01. The van der Waals surface area contributed by atoms with E-state index in [1.165, 1.54) is 12.1 Å². The second kappa shape index (κ2) is 7.06. The lowest BCUT2D eigenvalue weighted by molar-refractivity contribution is 0.0691. The van der Waals surface area contributed by atoms with Crippen LogP contribution in [-0.4, -0.2) is 35.5 Å². The molecule has 1 unspecified atom stereocenters. The lowest BCUT2D eigenvalue weighted by atomic mass is 10.1. The van der Waals surface area contributed by atoms with Gasteiger partial charge in [0.05, 0.1) is 11.1 Å². The molecule has 1 atom stereocenters. The van der Waals surface area contributed by atoms with Crippen LogP contribution in [0.2, 0.25) is 0 Å². The van der Waals surface area contributed by atoms with Crippen LogP contribution < -0.4 is 5.32 Å². The number of benzene rings is 1. The molecule has 0 aliphatic heterocycles. The first-order chi connectivity index (χ1) is 8.56. The summed E-state index contributed by atoms with van der Waals surface area (Å²) in [6.45, 7) is 2.59. The van der Waals surface area contributed by atoms with Crippen molar-refractivity contribution in [3.8, 4) is 0 Å². The van der Waals surface area contributed by atoms with Gasteiger partial charge < -0.3 is 10.4 Å². The van der Waals surface area contributed by atoms with Gasteiger partial charge in [0.1, 0.15) is 0 Å². The molecule has 2 N–H and O–H groups in total. The predicted octanol–water partition coefficient (Wildman–Crippen LogP) is 2.11. The Morgan fingerprint density at radius 1 is 1.33 bits per heavy atom. The molecule has 0 radical (unpaired) electrons. The quantitative estimate of drug-likeness (QED) is 0.828. The van der Waals surface area contributed by atoms with E-state index in [-0.39, 0.29) is 17.0 Å². The van der Waals surface area contributed by atoms with Crippen LogP contribution in [0.3, 0.4) is 0 Å². The molecule has 0 bridgehead atoms. The average molecular weight is 267 g/mol. The third kappa shape index (κ3) is 4.07. The summed E-state index contributed by atoms with van der Waals surface area (Å²) in [5, 5.41) is 11.8. The number of nitrogens with one attached hydrogen (secondary N) is 1. The normalized spacial score (nSPS) is 11.9. The number of carbonyl (C=O) groups is 2. The Labute approximate surface area is 111 Å². The molecular formula is C13H17NO3S. The van der Waals surface area contributed by atoms with Crippen LogP contribution >= 0.6 is 11.8 Å². The topological polar surface area (TPSA) is 66.4 Å². The first kappa shape index (κ1) is 14.6. The summed E-state index contributed by atoms with van der Waals surface area (Å²) < 4.78 is 0. The van der Waals surface area contributed by atoms with Crippen LogP contribution in [0.1, 0.15) is 27.6 Å². The Bertz CT molecular complexity index is 434. The van der Waals surface area contributed by atoms with Gasteiger partial charge in [-0.25, -0.2) is 4.79 Å². The maximum atomic E-state index is 11.9. The zero-order valence-electron chi connectivity index (χ0n) is 10.5. The summed E-state index contributed by atoms with van der Waals surface area (Å²) in [5.41, 5.74) is 0.244. The smallest absolute Gasteiger partial charge is 0.336 e. The van der Waals surface area contributed by atoms with Gasteiger partial charge in [0.15, 0.2) is 0 Å². The number of hydrogen-bond acceptors (Lipinski definition) is 3. The van der Waals surface area contributed by atoms with Gasteiger partial charge in [0.2, 0.25) is 0 Å². The highest BCUT2D eigenvalue weighted by molar-refractivity contribution is 7.98. The third-order valence-electron chi connectivity index (χ3n) is 2.46. The van der Waals surface area contributed by atoms with Gasteiger partial charge in [-0.15, -0.1) is 0 Å². The van der Waals surface area contributed by atoms with E-state index in [1.54, 1.807) is 23.9 Å². The average Bonchev–Trinajstić information content (AvgIpc) is 2.36. The minimum Gasteiger partial charge on any atom is -0.478 e. The first-order valence-electron chi connectivity index (χ1n) is 5.65. The van der Waals surface area contributed by atoms with E-state index in [2.05, 4.69) is 5.32 Å². The summed E-state index contributed by atoms with van der Waals surface area (Å²) in [7, 11) is 0. The maximum Gasteiger partial charge on any atom is 0.336 e. The fraction of sp³-hybridized carbons (Fsp3) is 0.385. The number of amides is 1. The second-order valence-electron chi connectivity index (χ2n) is 4.12. The highest BCUT2D eigenvalue weighted by Crippen LogP contribution is 2.09. The molecule has 1 aromatic rings. The van der Waals surface area contributed by atoms with Crippen molar-refractivity contribution >= 4 is 23.6 Å². The van der Waals surface area contributed by atoms with Crippen molar-refractivity contribution in [3.63, 3.8) is 0 Å². The first-order valence-corrected chi connectivity index (χ1v) is 7.05. The zero-order valence-corrected chi connectivity index (χ0v) is 11.3. The van der Waals surface area contributed by atoms with E-state index in [1.807, 2.05) is 13.2 Å². The van der Waals surface area contributed by atoms with Gasteiger partial charge in [-0.3, -0.25) is 4.79 Å². The highest BCUT2D eigenvalue weighted by Gasteiger charge is 2.15. The van der Waals surface area contributed by atoms with E-state index in [9.17, 15) is 9.59 Å². The molecule has 0 fully saturated rings. The third-order valence-corrected chi connectivity index (χ3v) is 3.37. The largest absolute Gasteiger partial charge is 0.478 e. The Hall–Kier alpha value is -1.49. The van der Waals surface area contributed by atoms with Crippen molar-refractivity contribution in [1.82, 2.24) is 5.32 Å². The maximum absolute atomic E-state index is 11.9. The van der Waals surface area contributed by atoms with Crippen molar-refractivity contribution in [1.29, 1.82) is 0 Å². The molecule has 5 heteroatoms. The van der Waals surface area contributed by atoms with Crippen LogP contribution in [0.25, 0.3) is 0 Å². The molecule has 0 saturated carbocycles. The molecule has 1 amide bonds. The molecular weight excluding hydrogens is 250 g/mol. The molecule has 1 aromatic carbocycles. The number of carboxylic acid groups (broad SMARTS) is 1. The fourth-order valence-electron chi connectivity index (χ4n) is 1.57. The Morgan fingerprint density at radius 2 is 1.94 bits per heavy atom. The molecule has 0 aromatic heterocycles. The van der Waals surface area contributed by atoms with Crippen molar-refractivity contribution in [2.24, 2.45) is 5.92 Å². The molecule has 18 heavy (non-hydrogen) atoms. The fourth-order valence-corrected chi connectivity index (χ4v) is 2.26. The molecule has 98 valence electrons. The van der Waals surface area contributed by atoms with Crippen LogP contribution in [0.15, 0.2) is 24.3 Å². The van der Waals surface area contributed by atoms with Crippen molar-refractivity contribution in [2.45, 2.75) is 6.92 Å². The molecule has 0 saturated heterocycles.